The molecule has 5 aromatic rings. The summed E-state index contributed by atoms with van der Waals surface area (Å²) in [5.74, 6) is -2.25. The highest BCUT2D eigenvalue weighted by atomic mass is 19.4. The van der Waals surface area contributed by atoms with E-state index in [2.05, 4.69) is 4.98 Å². The molecule has 5 rings (SSSR count). The zero-order valence-electron chi connectivity index (χ0n) is 21.5. The topological polar surface area (TPSA) is 55.1 Å². The van der Waals surface area contributed by atoms with Gasteiger partial charge in [-0.25, -0.2) is 18.6 Å². The summed E-state index contributed by atoms with van der Waals surface area (Å²) in [4.78, 5) is 15.7. The third-order valence-corrected chi connectivity index (χ3v) is 6.76. The van der Waals surface area contributed by atoms with E-state index in [-0.39, 0.29) is 41.8 Å². The second-order valence-electron chi connectivity index (χ2n) is 9.53. The third-order valence-electron chi connectivity index (χ3n) is 6.76. The number of hydrogen-bond acceptors (Lipinski definition) is 2. The van der Waals surface area contributed by atoms with Crippen molar-refractivity contribution in [2.24, 2.45) is 0 Å². The van der Waals surface area contributed by atoms with Crippen molar-refractivity contribution in [2.75, 3.05) is 0 Å². The SMILES string of the molecule is O=C(O)c1ccc(Cn2cc(-c3ccc(F)cc3F)nc2CCc2ccc(-c3ccccc3)cc2C(F)(F)F)cc1. The van der Waals surface area contributed by atoms with E-state index in [9.17, 15) is 26.7 Å². The van der Waals surface area contributed by atoms with Gasteiger partial charge in [0.25, 0.3) is 0 Å². The lowest BCUT2D eigenvalue weighted by molar-refractivity contribution is -0.138. The number of aryl methyl sites for hydroxylation is 2. The number of aromatic carboxylic acids is 1. The minimum atomic E-state index is -4.58. The molecule has 0 spiro atoms. The van der Waals surface area contributed by atoms with Crippen molar-refractivity contribution in [1.82, 2.24) is 9.55 Å². The van der Waals surface area contributed by atoms with Crippen molar-refractivity contribution in [1.29, 1.82) is 0 Å². The molecular weight excluding hydrogens is 539 g/mol. The first-order chi connectivity index (χ1) is 19.6. The molecule has 1 aromatic heterocycles. The van der Waals surface area contributed by atoms with Crippen LogP contribution in [0.3, 0.4) is 0 Å². The van der Waals surface area contributed by atoms with Crippen LogP contribution in [0.2, 0.25) is 0 Å². The van der Waals surface area contributed by atoms with E-state index in [1.165, 1.54) is 24.3 Å². The average Bonchev–Trinajstić information content (AvgIpc) is 3.34. The third kappa shape index (κ3) is 6.35. The largest absolute Gasteiger partial charge is 0.478 e. The molecule has 0 fully saturated rings. The predicted molar refractivity (Wildman–Crippen MR) is 144 cm³/mol. The molecule has 208 valence electrons. The zero-order chi connectivity index (χ0) is 29.1. The van der Waals surface area contributed by atoms with Crippen LogP contribution in [-0.2, 0) is 25.6 Å². The van der Waals surface area contributed by atoms with Crippen LogP contribution in [0, 0.1) is 11.6 Å². The Bertz CT molecular complexity index is 1690. The lowest BCUT2D eigenvalue weighted by Crippen LogP contribution is -2.12. The lowest BCUT2D eigenvalue weighted by atomic mass is 9.96. The summed E-state index contributed by atoms with van der Waals surface area (Å²) in [7, 11) is 0. The molecule has 0 unspecified atom stereocenters. The summed E-state index contributed by atoms with van der Waals surface area (Å²) in [5, 5.41) is 9.17. The second kappa shape index (κ2) is 11.4. The van der Waals surface area contributed by atoms with Gasteiger partial charge in [0.05, 0.1) is 16.8 Å². The molecule has 0 bridgehead atoms. The number of carboxylic acid groups (broad SMARTS) is 1. The number of halogens is 5. The van der Waals surface area contributed by atoms with Crippen LogP contribution in [0.1, 0.15) is 32.9 Å². The molecule has 0 saturated carbocycles. The standard InChI is InChI=1S/C32H23F5N2O2/c33-25-13-14-26(28(34)17-25)29-19-39(18-20-6-8-23(9-7-20)31(40)41)30(38-29)15-12-22-10-11-24(16-27(22)32(35,36)37)21-4-2-1-3-5-21/h1-11,13-14,16-17,19H,12,15,18H2,(H,40,41). The van der Waals surface area contributed by atoms with E-state index < -0.39 is 29.3 Å². The molecule has 0 atom stereocenters. The Morgan fingerprint density at radius 1 is 0.829 bits per heavy atom. The first-order valence-corrected chi connectivity index (χ1v) is 12.7. The first kappa shape index (κ1) is 27.8. The summed E-state index contributed by atoms with van der Waals surface area (Å²) >= 11 is 0. The van der Waals surface area contributed by atoms with E-state index in [1.807, 2.05) is 0 Å². The molecule has 0 aliphatic carbocycles. The van der Waals surface area contributed by atoms with Gasteiger partial charge in [-0.3, -0.25) is 0 Å². The van der Waals surface area contributed by atoms with Gasteiger partial charge in [0.1, 0.15) is 17.5 Å². The van der Waals surface area contributed by atoms with Crippen molar-refractivity contribution in [3.05, 3.63) is 137 Å². The van der Waals surface area contributed by atoms with Crippen LogP contribution in [0.4, 0.5) is 22.0 Å². The quantitative estimate of drug-likeness (QED) is 0.195. The molecule has 0 saturated heterocycles. The summed E-state index contributed by atoms with van der Waals surface area (Å²) in [6.07, 6.45) is -2.92. The molecule has 0 radical (unpaired) electrons. The number of carboxylic acids is 1. The van der Waals surface area contributed by atoms with Gasteiger partial charge >= 0.3 is 12.1 Å². The van der Waals surface area contributed by atoms with Gasteiger partial charge in [-0.1, -0.05) is 54.6 Å². The zero-order valence-corrected chi connectivity index (χ0v) is 21.5. The minimum Gasteiger partial charge on any atom is -0.478 e. The van der Waals surface area contributed by atoms with E-state index in [1.54, 1.807) is 59.3 Å². The fourth-order valence-electron chi connectivity index (χ4n) is 4.68. The van der Waals surface area contributed by atoms with Crippen LogP contribution in [-0.4, -0.2) is 20.6 Å². The Morgan fingerprint density at radius 3 is 2.22 bits per heavy atom. The number of imidazole rings is 1. The van der Waals surface area contributed by atoms with E-state index >= 15 is 0 Å². The van der Waals surface area contributed by atoms with Crippen molar-refractivity contribution in [3.63, 3.8) is 0 Å². The van der Waals surface area contributed by atoms with E-state index in [0.717, 1.165) is 18.2 Å². The summed E-state index contributed by atoms with van der Waals surface area (Å²) in [6, 6.07) is 22.3. The number of aromatic nitrogens is 2. The van der Waals surface area contributed by atoms with Crippen LogP contribution in [0.15, 0.2) is 97.2 Å². The summed E-state index contributed by atoms with van der Waals surface area (Å²) in [6.45, 7) is 0.212. The van der Waals surface area contributed by atoms with Crippen molar-refractivity contribution in [3.8, 4) is 22.4 Å². The number of benzene rings is 4. The van der Waals surface area contributed by atoms with Crippen molar-refractivity contribution >= 4 is 5.97 Å². The maximum atomic E-state index is 14.6. The lowest BCUT2D eigenvalue weighted by Gasteiger charge is -2.15. The van der Waals surface area contributed by atoms with Gasteiger partial charge in [0.2, 0.25) is 0 Å². The predicted octanol–water partition coefficient (Wildman–Crippen LogP) is 8.05. The molecule has 1 heterocycles. The minimum absolute atomic E-state index is 0.00418. The molecule has 0 amide bonds. The maximum absolute atomic E-state index is 14.6. The molecule has 4 aromatic carbocycles. The second-order valence-corrected chi connectivity index (χ2v) is 9.53. The highest BCUT2D eigenvalue weighted by molar-refractivity contribution is 5.87. The Kier molecular flexibility index (Phi) is 7.70. The molecule has 0 aliphatic heterocycles. The molecule has 0 aliphatic rings. The Hall–Kier alpha value is -4.79. The highest BCUT2D eigenvalue weighted by Gasteiger charge is 2.33. The van der Waals surface area contributed by atoms with Crippen LogP contribution in [0.5, 0.6) is 0 Å². The van der Waals surface area contributed by atoms with Gasteiger partial charge in [0, 0.05) is 30.8 Å². The molecule has 9 heteroatoms. The Morgan fingerprint density at radius 2 is 1.56 bits per heavy atom. The fourth-order valence-corrected chi connectivity index (χ4v) is 4.68. The Balaban J connectivity index is 1.48. The molecule has 1 N–H and O–H groups in total. The number of nitrogens with zero attached hydrogens (tertiary/aromatic N) is 2. The number of alkyl halides is 3. The fraction of sp³-hybridized carbons (Fsp3) is 0.125. The Labute approximate surface area is 232 Å². The smallest absolute Gasteiger partial charge is 0.416 e. The molecule has 4 nitrogen and oxygen atoms in total. The average molecular weight is 563 g/mol. The van der Waals surface area contributed by atoms with Crippen LogP contribution < -0.4 is 0 Å². The van der Waals surface area contributed by atoms with Gasteiger partial charge in [-0.15, -0.1) is 0 Å². The summed E-state index contributed by atoms with van der Waals surface area (Å²) in [5.41, 5.74) is 1.53. The maximum Gasteiger partial charge on any atom is 0.416 e. The number of rotatable bonds is 8. The molecule has 41 heavy (non-hydrogen) atoms. The van der Waals surface area contributed by atoms with Crippen LogP contribution in [0.25, 0.3) is 22.4 Å². The monoisotopic (exact) mass is 562 g/mol. The van der Waals surface area contributed by atoms with Gasteiger partial charge in [-0.2, -0.15) is 13.2 Å². The van der Waals surface area contributed by atoms with Gasteiger partial charge in [-0.05, 0) is 59.0 Å². The number of hydrogen-bond donors (Lipinski definition) is 1. The molecular formula is C32H23F5N2O2. The van der Waals surface area contributed by atoms with Gasteiger partial charge < -0.3 is 9.67 Å². The van der Waals surface area contributed by atoms with Crippen molar-refractivity contribution in [2.45, 2.75) is 25.6 Å². The van der Waals surface area contributed by atoms with E-state index in [4.69, 9.17) is 5.11 Å². The normalized spacial score (nSPS) is 11.5. The van der Waals surface area contributed by atoms with E-state index in [0.29, 0.717) is 22.5 Å². The van der Waals surface area contributed by atoms with Crippen molar-refractivity contribution < 1.29 is 31.9 Å². The van der Waals surface area contributed by atoms with Gasteiger partial charge in [0.15, 0.2) is 0 Å². The first-order valence-electron chi connectivity index (χ1n) is 12.7. The number of carbonyl (C=O) groups is 1. The van der Waals surface area contributed by atoms with Crippen LogP contribution >= 0.6 is 0 Å². The summed E-state index contributed by atoms with van der Waals surface area (Å²) < 4.78 is 72.0. The highest BCUT2D eigenvalue weighted by Crippen LogP contribution is 2.36.